The lowest BCUT2D eigenvalue weighted by molar-refractivity contribution is -0.870. The Hall–Kier alpha value is -1.28. The van der Waals surface area contributed by atoms with Crippen molar-refractivity contribution in [1.29, 1.82) is 0 Å². The molecule has 312 valence electrons. The van der Waals surface area contributed by atoms with Crippen LogP contribution in [-0.4, -0.2) is 75.6 Å². The zero-order valence-electron chi connectivity index (χ0n) is 35.3. The number of hydrogen-bond acceptors (Lipinski definition) is 6. The number of phosphoric acid groups is 1. The molecule has 2 atom stereocenters. The Morgan fingerprint density at radius 2 is 1.09 bits per heavy atom. The van der Waals surface area contributed by atoms with Gasteiger partial charge in [0.05, 0.1) is 34.4 Å². The molecule has 0 amide bonds. The van der Waals surface area contributed by atoms with E-state index in [1.807, 2.05) is 21.1 Å². The number of carbonyl (C=O) groups is 1. The van der Waals surface area contributed by atoms with Crippen LogP contribution in [0.4, 0.5) is 0 Å². The smallest absolute Gasteiger partial charge is 0.457 e. The Morgan fingerprint density at radius 3 is 1.64 bits per heavy atom. The SMILES string of the molecule is CC/C=C\C/C=C\C/C=C\CCCCCCCC(=O)O[C@H](COCCCCCCCCCCCCCCCCCC)COP(=O)(O)OCC[N+](C)(C)C. The molecule has 0 spiro atoms. The Bertz CT molecular complexity index is 947. The van der Waals surface area contributed by atoms with Crippen LogP contribution in [0, 0.1) is 0 Å². The third-order valence-corrected chi connectivity index (χ3v) is 10.2. The topological polar surface area (TPSA) is 91.3 Å². The fraction of sp³-hybridized carbons (Fsp3) is 0.841. The number of rotatable bonds is 40. The lowest BCUT2D eigenvalue weighted by Gasteiger charge is -2.24. The van der Waals surface area contributed by atoms with Crippen molar-refractivity contribution < 1.29 is 37.3 Å². The molecular formula is C44H85NO7P+. The molecule has 0 heterocycles. The molecule has 0 bridgehead atoms. The van der Waals surface area contributed by atoms with Crippen LogP contribution in [0.15, 0.2) is 36.5 Å². The molecule has 8 nitrogen and oxygen atoms in total. The molecule has 0 aromatic heterocycles. The summed E-state index contributed by atoms with van der Waals surface area (Å²) in [6, 6.07) is 0. The first-order valence-corrected chi connectivity index (χ1v) is 23.2. The van der Waals surface area contributed by atoms with Crippen LogP contribution in [0.25, 0.3) is 0 Å². The van der Waals surface area contributed by atoms with Gasteiger partial charge in [-0.25, -0.2) is 4.57 Å². The zero-order chi connectivity index (χ0) is 39.1. The molecule has 0 saturated carbocycles. The first kappa shape index (κ1) is 51.7. The second-order valence-corrected chi connectivity index (χ2v) is 17.2. The fourth-order valence-electron chi connectivity index (χ4n) is 5.86. The van der Waals surface area contributed by atoms with E-state index in [1.165, 1.54) is 89.9 Å². The quantitative estimate of drug-likeness (QED) is 0.0218. The van der Waals surface area contributed by atoms with E-state index in [2.05, 4.69) is 50.3 Å². The highest BCUT2D eigenvalue weighted by Gasteiger charge is 2.26. The van der Waals surface area contributed by atoms with Gasteiger partial charge in [-0.15, -0.1) is 0 Å². The van der Waals surface area contributed by atoms with Crippen molar-refractivity contribution in [3.05, 3.63) is 36.5 Å². The number of carbonyl (C=O) groups excluding carboxylic acids is 1. The third-order valence-electron chi connectivity index (χ3n) is 9.22. The maximum absolute atomic E-state index is 12.7. The number of unbranched alkanes of at least 4 members (excludes halogenated alkanes) is 20. The summed E-state index contributed by atoms with van der Waals surface area (Å²) in [5.41, 5.74) is 0. The van der Waals surface area contributed by atoms with Crippen molar-refractivity contribution in [1.82, 2.24) is 0 Å². The molecule has 0 aliphatic rings. The fourth-order valence-corrected chi connectivity index (χ4v) is 6.60. The van der Waals surface area contributed by atoms with E-state index in [1.54, 1.807) is 0 Å². The summed E-state index contributed by atoms with van der Waals surface area (Å²) in [5, 5.41) is 0. The van der Waals surface area contributed by atoms with Crippen molar-refractivity contribution >= 4 is 13.8 Å². The molecular weight excluding hydrogens is 685 g/mol. The van der Waals surface area contributed by atoms with Crippen LogP contribution in [0.1, 0.15) is 181 Å². The molecule has 0 aliphatic heterocycles. The summed E-state index contributed by atoms with van der Waals surface area (Å²) >= 11 is 0. The summed E-state index contributed by atoms with van der Waals surface area (Å²) in [7, 11) is 1.66. The molecule has 0 fully saturated rings. The van der Waals surface area contributed by atoms with Crippen LogP contribution >= 0.6 is 7.82 Å². The Labute approximate surface area is 327 Å². The number of nitrogens with zero attached hydrogens (tertiary/aromatic N) is 1. The van der Waals surface area contributed by atoms with Gasteiger partial charge in [0.15, 0.2) is 0 Å². The van der Waals surface area contributed by atoms with E-state index < -0.39 is 13.9 Å². The molecule has 53 heavy (non-hydrogen) atoms. The highest BCUT2D eigenvalue weighted by Crippen LogP contribution is 2.43. The predicted octanol–water partition coefficient (Wildman–Crippen LogP) is 12.6. The van der Waals surface area contributed by atoms with Gasteiger partial charge in [-0.1, -0.05) is 166 Å². The number of phosphoric ester groups is 1. The predicted molar refractivity (Wildman–Crippen MR) is 224 cm³/mol. The van der Waals surface area contributed by atoms with E-state index in [0.29, 0.717) is 24.1 Å². The van der Waals surface area contributed by atoms with Crippen molar-refractivity contribution in [3.63, 3.8) is 0 Å². The maximum Gasteiger partial charge on any atom is 0.472 e. The van der Waals surface area contributed by atoms with Crippen molar-refractivity contribution in [2.75, 3.05) is 54.1 Å². The van der Waals surface area contributed by atoms with E-state index in [4.69, 9.17) is 18.5 Å². The normalized spacial score (nSPS) is 14.2. The first-order valence-electron chi connectivity index (χ1n) is 21.7. The minimum Gasteiger partial charge on any atom is -0.457 e. The zero-order valence-corrected chi connectivity index (χ0v) is 36.1. The van der Waals surface area contributed by atoms with Crippen LogP contribution in [0.3, 0.4) is 0 Å². The molecule has 0 aromatic rings. The average Bonchev–Trinajstić information content (AvgIpc) is 3.11. The van der Waals surface area contributed by atoms with Gasteiger partial charge in [0.1, 0.15) is 19.3 Å². The van der Waals surface area contributed by atoms with Crippen molar-refractivity contribution in [2.45, 2.75) is 187 Å². The number of likely N-dealkylation sites (N-methyl/N-ethyl adjacent to an activating group) is 1. The Balaban J connectivity index is 4.25. The number of quaternary nitrogens is 1. The second kappa shape index (κ2) is 37.6. The van der Waals surface area contributed by atoms with E-state index >= 15 is 0 Å². The van der Waals surface area contributed by atoms with Crippen molar-refractivity contribution in [2.24, 2.45) is 0 Å². The lowest BCUT2D eigenvalue weighted by atomic mass is 10.0. The van der Waals surface area contributed by atoms with Crippen LogP contribution in [0.5, 0.6) is 0 Å². The second-order valence-electron chi connectivity index (χ2n) is 15.7. The summed E-state index contributed by atoms with van der Waals surface area (Å²) in [4.78, 5) is 22.9. The summed E-state index contributed by atoms with van der Waals surface area (Å²) in [6.07, 6.45) is 43.1. The van der Waals surface area contributed by atoms with Gasteiger partial charge in [0.25, 0.3) is 0 Å². The highest BCUT2D eigenvalue weighted by molar-refractivity contribution is 7.47. The van der Waals surface area contributed by atoms with Gasteiger partial charge >= 0.3 is 13.8 Å². The third kappa shape index (κ3) is 41.7. The largest absolute Gasteiger partial charge is 0.472 e. The number of hydrogen-bond donors (Lipinski definition) is 1. The van der Waals surface area contributed by atoms with Crippen molar-refractivity contribution in [3.8, 4) is 0 Å². The van der Waals surface area contributed by atoms with Gasteiger partial charge in [-0.3, -0.25) is 13.8 Å². The van der Waals surface area contributed by atoms with Gasteiger partial charge in [-0.2, -0.15) is 0 Å². The van der Waals surface area contributed by atoms with E-state index in [-0.39, 0.29) is 25.8 Å². The summed E-state index contributed by atoms with van der Waals surface area (Å²) < 4.78 is 35.0. The molecule has 0 aromatic carbocycles. The first-order chi connectivity index (χ1) is 25.6. The Kier molecular flexibility index (Phi) is 36.7. The standard InChI is InChI=1S/C44H84NO7P/c1-6-8-10-12-14-16-18-20-22-24-26-28-30-32-34-36-39-49-41-43(42-51-53(47,48)50-40-38-45(3,4)5)52-44(46)37-35-33-31-29-27-25-23-21-19-17-15-13-11-9-7-2/h9,11,15,17,21,23,43H,6-8,10,12-14,16,18-20,22,24-42H2,1-5H3/p+1/b11-9-,17-15-,23-21-/t43-/m1/s1. The number of ether oxygens (including phenoxy) is 2. The van der Waals surface area contributed by atoms with Gasteiger partial charge in [-0.05, 0) is 44.9 Å². The van der Waals surface area contributed by atoms with Crippen LogP contribution in [-0.2, 0) is 27.9 Å². The monoisotopic (exact) mass is 771 g/mol. The molecule has 1 unspecified atom stereocenters. The Morgan fingerprint density at radius 1 is 0.604 bits per heavy atom. The molecule has 0 rings (SSSR count). The molecule has 0 radical (unpaired) electrons. The highest BCUT2D eigenvalue weighted by atomic mass is 31.2. The minimum absolute atomic E-state index is 0.0856. The van der Waals surface area contributed by atoms with Crippen LogP contribution in [0.2, 0.25) is 0 Å². The van der Waals surface area contributed by atoms with E-state index in [0.717, 1.165) is 70.6 Å². The summed E-state index contributed by atoms with van der Waals surface area (Å²) in [6.45, 7) is 5.51. The average molecular weight is 771 g/mol. The molecule has 0 aliphatic carbocycles. The van der Waals surface area contributed by atoms with Gasteiger partial charge in [0.2, 0.25) is 0 Å². The van der Waals surface area contributed by atoms with Gasteiger partial charge in [0, 0.05) is 13.0 Å². The summed E-state index contributed by atoms with van der Waals surface area (Å²) in [5.74, 6) is -0.329. The molecule has 0 saturated heterocycles. The number of allylic oxidation sites excluding steroid dienone is 6. The maximum atomic E-state index is 12.7. The molecule has 9 heteroatoms. The van der Waals surface area contributed by atoms with E-state index in [9.17, 15) is 14.3 Å². The minimum atomic E-state index is -4.28. The number of esters is 1. The van der Waals surface area contributed by atoms with Gasteiger partial charge < -0.3 is 18.9 Å². The molecule has 1 N–H and O–H groups in total. The lowest BCUT2D eigenvalue weighted by Crippen LogP contribution is -2.37. The van der Waals surface area contributed by atoms with Crippen LogP contribution < -0.4 is 0 Å².